The highest BCUT2D eigenvalue weighted by atomic mass is 16.1. The second-order valence-electron chi connectivity index (χ2n) is 11.9. The Hall–Kier alpha value is -6.80. The molecule has 10 aromatic rings. The molecular formula is C40H24N4O4. The minimum atomic E-state index is -0.0322. The molecule has 0 aliphatic carbocycles. The highest BCUT2D eigenvalue weighted by Gasteiger charge is 2.12. The quantitative estimate of drug-likeness (QED) is 0.131. The van der Waals surface area contributed by atoms with Crippen LogP contribution in [-0.4, -0.2) is 19.9 Å². The lowest BCUT2D eigenvalue weighted by molar-refractivity contribution is 1.46. The van der Waals surface area contributed by atoms with E-state index in [9.17, 15) is 19.2 Å². The summed E-state index contributed by atoms with van der Waals surface area (Å²) in [7, 11) is 0. The lowest BCUT2D eigenvalue weighted by atomic mass is 10.1. The van der Waals surface area contributed by atoms with Gasteiger partial charge in [0.25, 0.3) is 0 Å². The van der Waals surface area contributed by atoms with Gasteiger partial charge in [-0.2, -0.15) is 0 Å². The fraction of sp³-hybridized carbons (Fsp3) is 0. The Balaban J connectivity index is 0.000000131. The Bertz CT molecular complexity index is 2790. The van der Waals surface area contributed by atoms with Crippen molar-refractivity contribution in [3.05, 3.63) is 162 Å². The molecule has 4 aromatic heterocycles. The van der Waals surface area contributed by atoms with Gasteiger partial charge in [0.1, 0.15) is 0 Å². The van der Waals surface area contributed by atoms with Crippen LogP contribution in [0.15, 0.2) is 141 Å². The number of aromatic nitrogens is 4. The Labute approximate surface area is 268 Å². The number of fused-ring (bicyclic) bond motifs is 8. The Morgan fingerprint density at radius 1 is 0.250 bits per heavy atom. The first-order valence-corrected chi connectivity index (χ1v) is 15.4. The molecule has 10 rings (SSSR count). The Morgan fingerprint density at radius 3 is 0.688 bits per heavy atom. The van der Waals surface area contributed by atoms with E-state index in [-0.39, 0.29) is 21.7 Å². The maximum atomic E-state index is 12.8. The summed E-state index contributed by atoms with van der Waals surface area (Å²) in [6.07, 6.45) is 0. The van der Waals surface area contributed by atoms with E-state index in [0.29, 0.717) is 65.2 Å². The number of hydrogen-bond acceptors (Lipinski definition) is 4. The van der Waals surface area contributed by atoms with Crippen molar-refractivity contribution in [1.82, 2.24) is 19.9 Å². The standard InChI is InChI=1S/2C20H12N2O2/c2*23-19-11-5-1-3-7-15(11)21-17-10-14-18(9-13(17)19)22-16-8-4-2-6-12(16)20(14)24/h2*1-10H,(H,21,23)(H,22,24). The van der Waals surface area contributed by atoms with Crippen LogP contribution in [0, 0.1) is 0 Å². The van der Waals surface area contributed by atoms with Crippen LogP contribution in [0.2, 0.25) is 0 Å². The van der Waals surface area contributed by atoms with Crippen molar-refractivity contribution < 1.29 is 0 Å². The summed E-state index contributed by atoms with van der Waals surface area (Å²) in [5, 5.41) is 4.89. The van der Waals surface area contributed by atoms with E-state index in [1.165, 1.54) is 0 Å². The zero-order valence-corrected chi connectivity index (χ0v) is 25.2. The highest BCUT2D eigenvalue weighted by molar-refractivity contribution is 6.04. The lowest BCUT2D eigenvalue weighted by Crippen LogP contribution is -2.08. The number of rotatable bonds is 0. The van der Waals surface area contributed by atoms with Crippen molar-refractivity contribution in [2.75, 3.05) is 0 Å². The average Bonchev–Trinajstić information content (AvgIpc) is 3.12. The second-order valence-corrected chi connectivity index (χ2v) is 11.9. The number of aromatic amines is 4. The van der Waals surface area contributed by atoms with E-state index in [1.54, 1.807) is 48.5 Å². The molecule has 0 saturated carbocycles. The molecule has 0 unspecified atom stereocenters. The van der Waals surface area contributed by atoms with Gasteiger partial charge in [-0.3, -0.25) is 19.2 Å². The number of para-hydroxylation sites is 4. The van der Waals surface area contributed by atoms with E-state index in [1.807, 2.05) is 72.8 Å². The van der Waals surface area contributed by atoms with Crippen LogP contribution in [0.1, 0.15) is 0 Å². The zero-order chi connectivity index (χ0) is 32.5. The molecule has 0 amide bonds. The smallest absolute Gasteiger partial charge is 0.197 e. The zero-order valence-electron chi connectivity index (χ0n) is 25.2. The molecule has 8 heteroatoms. The first-order chi connectivity index (χ1) is 23.4. The number of H-pyrrole nitrogens is 4. The first kappa shape index (κ1) is 27.5. The maximum Gasteiger partial charge on any atom is 0.197 e. The van der Waals surface area contributed by atoms with Gasteiger partial charge < -0.3 is 19.9 Å². The van der Waals surface area contributed by atoms with Gasteiger partial charge in [0.15, 0.2) is 21.7 Å². The molecule has 48 heavy (non-hydrogen) atoms. The third-order valence-electron chi connectivity index (χ3n) is 9.06. The van der Waals surface area contributed by atoms with Crippen LogP contribution in [0.5, 0.6) is 0 Å². The molecule has 8 nitrogen and oxygen atoms in total. The minimum Gasteiger partial charge on any atom is -0.354 e. The molecule has 0 aliphatic rings. The summed E-state index contributed by atoms with van der Waals surface area (Å²) in [6.45, 7) is 0. The summed E-state index contributed by atoms with van der Waals surface area (Å²) in [4.78, 5) is 64.1. The van der Waals surface area contributed by atoms with Crippen molar-refractivity contribution >= 4 is 87.2 Å². The number of benzene rings is 6. The molecule has 0 fully saturated rings. The van der Waals surface area contributed by atoms with Gasteiger partial charge in [0.2, 0.25) is 0 Å². The molecule has 228 valence electrons. The van der Waals surface area contributed by atoms with Gasteiger partial charge in [-0.05, 0) is 72.8 Å². The van der Waals surface area contributed by atoms with E-state index < -0.39 is 0 Å². The summed E-state index contributed by atoms with van der Waals surface area (Å²) >= 11 is 0. The maximum absolute atomic E-state index is 12.8. The summed E-state index contributed by atoms with van der Waals surface area (Å²) in [5.74, 6) is 0. The van der Waals surface area contributed by atoms with E-state index >= 15 is 0 Å². The van der Waals surface area contributed by atoms with Crippen LogP contribution in [0.25, 0.3) is 87.2 Å². The van der Waals surface area contributed by atoms with Crippen LogP contribution < -0.4 is 21.7 Å². The minimum absolute atomic E-state index is 0.0322. The average molecular weight is 625 g/mol. The number of hydrogen-bond donors (Lipinski definition) is 4. The molecule has 0 atom stereocenters. The predicted molar refractivity (Wildman–Crippen MR) is 195 cm³/mol. The fourth-order valence-corrected chi connectivity index (χ4v) is 6.69. The molecule has 0 radical (unpaired) electrons. The normalized spacial score (nSPS) is 11.7. The van der Waals surface area contributed by atoms with Gasteiger partial charge in [-0.15, -0.1) is 0 Å². The van der Waals surface area contributed by atoms with Crippen LogP contribution >= 0.6 is 0 Å². The Morgan fingerprint density at radius 2 is 0.458 bits per heavy atom. The summed E-state index contributed by atoms with van der Waals surface area (Å²) in [5.41, 5.74) is 5.64. The number of pyridine rings is 4. The molecule has 0 spiro atoms. The van der Waals surface area contributed by atoms with Crippen molar-refractivity contribution in [1.29, 1.82) is 0 Å². The van der Waals surface area contributed by atoms with Gasteiger partial charge in [-0.25, -0.2) is 0 Å². The van der Waals surface area contributed by atoms with E-state index in [4.69, 9.17) is 0 Å². The van der Waals surface area contributed by atoms with Gasteiger partial charge in [-0.1, -0.05) is 48.5 Å². The fourth-order valence-electron chi connectivity index (χ4n) is 6.69. The van der Waals surface area contributed by atoms with Crippen molar-refractivity contribution in [3.8, 4) is 0 Å². The van der Waals surface area contributed by atoms with Crippen LogP contribution in [-0.2, 0) is 0 Å². The molecule has 4 heterocycles. The molecule has 6 aromatic carbocycles. The summed E-state index contributed by atoms with van der Waals surface area (Å²) in [6, 6.07) is 36.7. The molecule has 0 saturated heterocycles. The molecule has 0 aliphatic heterocycles. The monoisotopic (exact) mass is 624 g/mol. The summed E-state index contributed by atoms with van der Waals surface area (Å²) < 4.78 is 0. The van der Waals surface area contributed by atoms with Crippen LogP contribution in [0.4, 0.5) is 0 Å². The van der Waals surface area contributed by atoms with Gasteiger partial charge >= 0.3 is 0 Å². The lowest BCUT2D eigenvalue weighted by Gasteiger charge is -2.06. The molecule has 0 bridgehead atoms. The molecule has 4 N–H and O–H groups in total. The van der Waals surface area contributed by atoms with Crippen molar-refractivity contribution in [3.63, 3.8) is 0 Å². The highest BCUT2D eigenvalue weighted by Crippen LogP contribution is 2.23. The van der Waals surface area contributed by atoms with E-state index in [0.717, 1.165) is 22.1 Å². The Kier molecular flexibility index (Phi) is 5.94. The SMILES string of the molecule is O=c1c2ccccc2[nH]c2cc3c(=O)c4ccccc4[nH]c3cc12.O=c1c2ccccc2[nH]c2cc3c(=O)c4ccccc4[nH]c3cc12. The van der Waals surface area contributed by atoms with Gasteiger partial charge in [0.05, 0.1) is 22.1 Å². The first-order valence-electron chi connectivity index (χ1n) is 15.4. The van der Waals surface area contributed by atoms with Gasteiger partial charge in [0, 0.05) is 65.2 Å². The van der Waals surface area contributed by atoms with Crippen molar-refractivity contribution in [2.24, 2.45) is 0 Å². The molecular weight excluding hydrogens is 600 g/mol. The van der Waals surface area contributed by atoms with Crippen molar-refractivity contribution in [2.45, 2.75) is 0 Å². The third-order valence-corrected chi connectivity index (χ3v) is 9.06. The predicted octanol–water partition coefficient (Wildman–Crippen LogP) is 7.35. The van der Waals surface area contributed by atoms with E-state index in [2.05, 4.69) is 19.9 Å². The largest absolute Gasteiger partial charge is 0.354 e. The topological polar surface area (TPSA) is 131 Å². The number of nitrogens with one attached hydrogen (secondary N) is 4. The third kappa shape index (κ3) is 4.16. The second kappa shape index (κ2) is 10.4. The van der Waals surface area contributed by atoms with Crippen LogP contribution in [0.3, 0.4) is 0 Å².